The van der Waals surface area contributed by atoms with Crippen LogP contribution in [0.2, 0.25) is 0 Å². The maximum Gasteiger partial charge on any atom is 0.311 e. The Labute approximate surface area is 381 Å². The highest BCUT2D eigenvalue weighted by Crippen LogP contribution is 2.26. The molecule has 0 aromatic carbocycles. The molecule has 18 nitrogen and oxygen atoms in total. The van der Waals surface area contributed by atoms with Gasteiger partial charge in [0.1, 0.15) is 23.9 Å². The van der Waals surface area contributed by atoms with E-state index in [0.717, 1.165) is 12.8 Å². The fourth-order valence-electron chi connectivity index (χ4n) is 7.45. The first-order valence-corrected chi connectivity index (χ1v) is 22.4. The predicted octanol–water partition coefficient (Wildman–Crippen LogP) is 0.778. The van der Waals surface area contributed by atoms with Crippen LogP contribution in [0.3, 0.4) is 0 Å². The molecule has 2 heterocycles. The topological polar surface area (TPSA) is 327 Å². The van der Waals surface area contributed by atoms with Crippen molar-refractivity contribution in [2.45, 2.75) is 184 Å². The van der Waals surface area contributed by atoms with Crippen molar-refractivity contribution in [3.05, 3.63) is 72.9 Å². The Bertz CT molecular complexity index is 1600. The molecule has 18 heteroatoms. The number of nitrogens with two attached hydrogens (primary N) is 1. The highest BCUT2D eigenvalue weighted by molar-refractivity contribution is 5.81. The number of allylic oxidation sites excluding steroid dienone is 10. The van der Waals surface area contributed by atoms with Gasteiger partial charge in [-0.15, -0.1) is 0 Å². The number of carbonyl (C=O) groups excluding carboxylic acids is 2. The Morgan fingerprint density at radius 3 is 1.83 bits per heavy atom. The number of hydrogen-bond donors (Lipinski definition) is 12. The predicted molar refractivity (Wildman–Crippen MR) is 238 cm³/mol. The van der Waals surface area contributed by atoms with E-state index in [9.17, 15) is 70.6 Å². The lowest BCUT2D eigenvalue weighted by Crippen LogP contribution is -2.61. The van der Waals surface area contributed by atoms with E-state index in [4.69, 9.17) is 19.9 Å². The average Bonchev–Trinajstić information content (AvgIpc) is 3.22. The number of ketones is 1. The molecule has 65 heavy (non-hydrogen) atoms. The van der Waals surface area contributed by atoms with Gasteiger partial charge in [0.2, 0.25) is 0 Å². The summed E-state index contributed by atoms with van der Waals surface area (Å²) in [6, 6.07) is -1.15. The summed E-state index contributed by atoms with van der Waals surface area (Å²) in [5, 5.41) is 116. The van der Waals surface area contributed by atoms with Gasteiger partial charge in [-0.3, -0.25) is 14.4 Å². The molecule has 0 spiro atoms. The molecular weight excluding hydrogens is 851 g/mol. The fraction of sp³-hybridized carbons (Fsp3) is 0.681. The van der Waals surface area contributed by atoms with E-state index in [0.29, 0.717) is 0 Å². The first-order chi connectivity index (χ1) is 30.6. The molecule has 0 radical (unpaired) electrons. The Morgan fingerprint density at radius 2 is 1.18 bits per heavy atom. The Balaban J connectivity index is 2.26. The van der Waals surface area contributed by atoms with Gasteiger partial charge >= 0.3 is 11.9 Å². The zero-order chi connectivity index (χ0) is 48.8. The number of carboxylic acids is 1. The number of cyclic esters (lactones) is 1. The zero-order valence-corrected chi connectivity index (χ0v) is 37.8. The third-order valence-electron chi connectivity index (χ3n) is 11.7. The number of esters is 1. The molecule has 0 amide bonds. The highest BCUT2D eigenvalue weighted by atomic mass is 16.7. The number of ether oxygens (including phenoxy) is 3. The lowest BCUT2D eigenvalue weighted by molar-refractivity contribution is -0.277. The highest BCUT2D eigenvalue weighted by Gasteiger charge is 2.43. The number of aliphatic hydroxyl groups excluding tert-OH is 10. The van der Waals surface area contributed by atoms with Crippen LogP contribution in [0.4, 0.5) is 0 Å². The van der Waals surface area contributed by atoms with Crippen LogP contribution < -0.4 is 5.73 Å². The van der Waals surface area contributed by atoms with Crippen LogP contribution in [0.25, 0.3) is 0 Å². The van der Waals surface area contributed by atoms with Gasteiger partial charge in [-0.1, -0.05) is 86.8 Å². The smallest absolute Gasteiger partial charge is 0.311 e. The van der Waals surface area contributed by atoms with Gasteiger partial charge in [0.25, 0.3) is 0 Å². The molecule has 0 unspecified atom stereocenters. The molecule has 0 bridgehead atoms. The molecule has 2 aliphatic rings. The molecule has 0 saturated carbocycles. The largest absolute Gasteiger partial charge is 0.481 e. The van der Waals surface area contributed by atoms with Crippen molar-refractivity contribution in [3.8, 4) is 0 Å². The molecule has 0 aromatic rings. The van der Waals surface area contributed by atoms with Crippen molar-refractivity contribution in [2.75, 3.05) is 0 Å². The second-order valence-electron chi connectivity index (χ2n) is 17.4. The van der Waals surface area contributed by atoms with Crippen molar-refractivity contribution in [3.63, 3.8) is 0 Å². The van der Waals surface area contributed by atoms with E-state index in [1.165, 1.54) is 13.0 Å². The minimum Gasteiger partial charge on any atom is -0.481 e. The number of rotatable bonds is 3. The molecular formula is C47H75NO17. The standard InChI is InChI=1S/C47H75NO17/c1-27-17-15-13-11-9-7-5-6-8-10-12-14-16-18-35(65-47-45(60)42(48)44(59)30(4)64-47)26-39(56)41(46(61)62)38(55)24-34(52)23-37(54)36(53)20-19-31(49)21-32(50)22-33(51)25-40(57)63-29(3)28(2)43(27)58/h5-6,8,10-18,27-33,35-39,41-45,47,49-51,53-56,58-60H,7,9,19-26,48H2,1-4H3,(H,61,62)/b6-5+,10-8+,13-11+,14-12+,17-15+,18-16+/t27-,28+,29-,30-,31+,32+,33+,35+,36-,37+,38-,39+,41-,42+,43+,44-,45+,47+/m1/s1. The fourth-order valence-corrected chi connectivity index (χ4v) is 7.45. The molecule has 0 aromatic heterocycles. The molecule has 1 saturated heterocycles. The van der Waals surface area contributed by atoms with Crippen LogP contribution in [0, 0.1) is 17.8 Å². The van der Waals surface area contributed by atoms with Crippen molar-refractivity contribution in [1.82, 2.24) is 0 Å². The quantitative estimate of drug-likeness (QED) is 0.174. The van der Waals surface area contributed by atoms with E-state index in [-0.39, 0.29) is 31.6 Å². The first-order valence-electron chi connectivity index (χ1n) is 22.4. The van der Waals surface area contributed by atoms with Gasteiger partial charge in [0.15, 0.2) is 6.29 Å². The average molecular weight is 926 g/mol. The minimum absolute atomic E-state index is 0.144. The first kappa shape index (κ1) is 57.7. The zero-order valence-electron chi connectivity index (χ0n) is 37.8. The Morgan fingerprint density at radius 1 is 0.615 bits per heavy atom. The van der Waals surface area contributed by atoms with Gasteiger partial charge < -0.3 is 76.1 Å². The van der Waals surface area contributed by atoms with Crippen molar-refractivity contribution < 1.29 is 84.8 Å². The molecule has 18 atom stereocenters. The van der Waals surface area contributed by atoms with E-state index in [2.05, 4.69) is 0 Å². The van der Waals surface area contributed by atoms with E-state index in [1.807, 2.05) is 43.4 Å². The summed E-state index contributed by atoms with van der Waals surface area (Å²) in [6.07, 6.45) is 0.848. The molecule has 2 aliphatic heterocycles. The second kappa shape index (κ2) is 30.0. The molecule has 370 valence electrons. The summed E-state index contributed by atoms with van der Waals surface area (Å²) < 4.78 is 17.0. The molecule has 2 rings (SSSR count). The van der Waals surface area contributed by atoms with Crippen LogP contribution >= 0.6 is 0 Å². The SMILES string of the molecule is C[C@@H]1[C@@H](O)[C@H](C)/C=C/C=C/CC/C=C/C=C/C=C/C=C/[C@H](O[C@@H]2O[C@H](C)[C@@H](O)[C@H](N)[C@@H]2O)C[C@H](O)[C@H](C(=O)O)[C@H](O)CC(=O)C[C@H](O)[C@H](O)CC[C@H](O)C[C@H](O)C[C@H](O)CC(=O)O[C@@H]1C. The third kappa shape index (κ3) is 21.4. The third-order valence-corrected chi connectivity index (χ3v) is 11.7. The van der Waals surface area contributed by atoms with Crippen LogP contribution in [-0.2, 0) is 28.6 Å². The van der Waals surface area contributed by atoms with Crippen LogP contribution in [0.1, 0.15) is 91.9 Å². The summed E-state index contributed by atoms with van der Waals surface area (Å²) in [6.45, 7) is 6.73. The second-order valence-corrected chi connectivity index (χ2v) is 17.4. The van der Waals surface area contributed by atoms with Crippen LogP contribution in [0.15, 0.2) is 72.9 Å². The van der Waals surface area contributed by atoms with Crippen molar-refractivity contribution in [2.24, 2.45) is 23.5 Å². The number of hydrogen-bond acceptors (Lipinski definition) is 17. The minimum atomic E-state index is -1.95. The number of carbonyl (C=O) groups is 3. The normalized spacial score (nSPS) is 42.5. The van der Waals surface area contributed by atoms with E-state index >= 15 is 0 Å². The van der Waals surface area contributed by atoms with Crippen LogP contribution in [-0.4, -0.2) is 166 Å². The summed E-state index contributed by atoms with van der Waals surface area (Å²) in [5.74, 6) is -5.88. The Hall–Kier alpha value is -3.47. The lowest BCUT2D eigenvalue weighted by atomic mass is 9.88. The molecule has 0 aliphatic carbocycles. The van der Waals surface area contributed by atoms with Crippen molar-refractivity contribution in [1.29, 1.82) is 0 Å². The maximum atomic E-state index is 12.9. The molecule has 1 fully saturated rings. The monoisotopic (exact) mass is 926 g/mol. The van der Waals surface area contributed by atoms with Gasteiger partial charge in [-0.2, -0.15) is 0 Å². The summed E-state index contributed by atoms with van der Waals surface area (Å²) in [5.41, 5.74) is 5.96. The number of aliphatic hydroxyl groups is 10. The van der Waals surface area contributed by atoms with Gasteiger partial charge in [0.05, 0.1) is 79.6 Å². The van der Waals surface area contributed by atoms with Gasteiger partial charge in [-0.25, -0.2) is 0 Å². The lowest BCUT2D eigenvalue weighted by Gasteiger charge is -2.41. The van der Waals surface area contributed by atoms with Crippen LogP contribution in [0.5, 0.6) is 0 Å². The van der Waals surface area contributed by atoms with Gasteiger partial charge in [0, 0.05) is 31.1 Å². The molecule has 13 N–H and O–H groups in total. The summed E-state index contributed by atoms with van der Waals surface area (Å²) in [4.78, 5) is 37.8. The summed E-state index contributed by atoms with van der Waals surface area (Å²) in [7, 11) is 0. The van der Waals surface area contributed by atoms with Crippen molar-refractivity contribution >= 4 is 17.7 Å². The number of aliphatic carboxylic acids is 1. The summed E-state index contributed by atoms with van der Waals surface area (Å²) >= 11 is 0. The van der Waals surface area contributed by atoms with E-state index in [1.54, 1.807) is 44.2 Å². The number of Topliss-reactive ketones (excluding diaryl/α,β-unsaturated/α-hetero) is 1. The number of carboxylic acid groups (broad SMARTS) is 1. The van der Waals surface area contributed by atoms with E-state index < -0.39 is 147 Å². The van der Waals surface area contributed by atoms with Gasteiger partial charge in [-0.05, 0) is 52.4 Å². The maximum absolute atomic E-state index is 12.9. The Kier molecular flexibility index (Phi) is 26.6.